The number of anilines is 6. The van der Waals surface area contributed by atoms with Gasteiger partial charge in [0.15, 0.2) is 0 Å². The third kappa shape index (κ3) is 17.3. The molecule has 6 aromatic carbocycles. The molecule has 6 aromatic rings. The molecule has 2 atom stereocenters. The highest BCUT2D eigenvalue weighted by Crippen LogP contribution is 2.43. The van der Waals surface area contributed by atoms with Crippen LogP contribution in [0.4, 0.5) is 73.6 Å². The molecule has 27 heteroatoms. The Hall–Kier alpha value is -9.99. The lowest BCUT2D eigenvalue weighted by atomic mass is 9.81. The van der Waals surface area contributed by atoms with Crippen molar-refractivity contribution >= 4 is 86.3 Å². The van der Waals surface area contributed by atoms with Gasteiger partial charge in [0.2, 0.25) is 35.4 Å². The van der Waals surface area contributed by atoms with E-state index < -0.39 is 64.3 Å². The van der Waals surface area contributed by atoms with Gasteiger partial charge in [-0.3, -0.25) is 33.7 Å². The van der Waals surface area contributed by atoms with Gasteiger partial charge in [-0.1, -0.05) is 50.2 Å². The van der Waals surface area contributed by atoms with E-state index in [0.29, 0.717) is 152 Å². The average Bonchev–Trinajstić information content (AvgIpc) is 1.03. The van der Waals surface area contributed by atoms with Crippen LogP contribution in [-0.4, -0.2) is 104 Å². The Morgan fingerprint density at radius 3 is 1.29 bits per heavy atom. The van der Waals surface area contributed by atoms with Crippen molar-refractivity contribution in [1.82, 2.24) is 4.90 Å². The summed E-state index contributed by atoms with van der Waals surface area (Å²) in [6.07, 6.45) is -4.50. The number of aliphatic hydroxyl groups excluding tert-OH is 1. The van der Waals surface area contributed by atoms with Crippen molar-refractivity contribution < 1.29 is 92.3 Å². The molecule has 7 aliphatic heterocycles. The quantitative estimate of drug-likeness (QED) is 0.0557. The second kappa shape index (κ2) is 29.8. The number of hydrogen-bond donors (Lipinski definition) is 7. The number of benzene rings is 6. The zero-order valence-electron chi connectivity index (χ0n) is 54.2. The van der Waals surface area contributed by atoms with E-state index in [4.69, 9.17) is 18.9 Å². The first-order chi connectivity index (χ1) is 47.5. The second-order valence-corrected chi connectivity index (χ2v) is 25.5. The first kappa shape index (κ1) is 71.3. The predicted octanol–water partition coefficient (Wildman–Crippen LogP) is 13.5. The fourth-order valence-electron chi connectivity index (χ4n) is 12.6. The summed E-state index contributed by atoms with van der Waals surface area (Å²) in [7, 11) is 0. The summed E-state index contributed by atoms with van der Waals surface area (Å²) < 4.78 is 139. The maximum atomic E-state index is 13.1. The number of nitrogens with zero attached hydrogens (tertiary/aromatic N) is 1. The molecule has 526 valence electrons. The Morgan fingerprint density at radius 2 is 0.890 bits per heavy atom. The van der Waals surface area contributed by atoms with Gasteiger partial charge in [-0.05, 0) is 164 Å². The molecule has 0 aliphatic carbocycles. The molecule has 7 aliphatic rings. The average molecular weight is 1390 g/mol. The van der Waals surface area contributed by atoms with Crippen molar-refractivity contribution in [1.29, 1.82) is 0 Å². The molecular formula is C73H70F9N7O11. The molecule has 0 spiro atoms. The SMILES string of the molecule is CC1(C)Cc2ccc(NC(=O)/C=C3\CCCOc4cc(C(F)(F)F)ccc43)cc2NC1=O.O=C(/C=C1\CCCOc2cc(C(F)(F)F)ccc21)Nc1ccc2c(c1)NC(=O)C(CO)C2.O=C(/C=C1\CCCOc2cc(C(F)(F)F)ccc21)Nc1ccc2c(c1)NC(=O)C(N1CCOCC1)C2. The monoisotopic (exact) mass is 1390 g/mol. The van der Waals surface area contributed by atoms with E-state index >= 15 is 0 Å². The minimum atomic E-state index is -4.48. The number of carbonyl (C=O) groups excluding carboxylic acids is 6. The van der Waals surface area contributed by atoms with Crippen molar-refractivity contribution in [3.8, 4) is 17.2 Å². The van der Waals surface area contributed by atoms with Crippen LogP contribution in [0.1, 0.15) is 102 Å². The Labute approximate surface area is 568 Å². The maximum Gasteiger partial charge on any atom is 0.416 e. The Bertz CT molecular complexity index is 4270. The highest BCUT2D eigenvalue weighted by Gasteiger charge is 2.38. The zero-order valence-corrected chi connectivity index (χ0v) is 54.2. The number of alkyl halides is 9. The minimum Gasteiger partial charge on any atom is -0.493 e. The van der Waals surface area contributed by atoms with E-state index in [1.54, 1.807) is 42.5 Å². The first-order valence-corrected chi connectivity index (χ1v) is 32.4. The van der Waals surface area contributed by atoms with Crippen LogP contribution in [-0.2, 0) is 71.3 Å². The molecule has 6 amide bonds. The number of ether oxygens (including phenoxy) is 4. The highest BCUT2D eigenvalue weighted by atomic mass is 19.4. The molecule has 13 rings (SSSR count). The summed E-state index contributed by atoms with van der Waals surface area (Å²) in [5.74, 6) is -1.85. The van der Waals surface area contributed by atoms with Crippen LogP contribution in [0.2, 0.25) is 0 Å². The van der Waals surface area contributed by atoms with Crippen molar-refractivity contribution in [2.45, 2.75) is 96.2 Å². The van der Waals surface area contributed by atoms with E-state index in [1.807, 2.05) is 26.0 Å². The molecule has 18 nitrogen and oxygen atoms in total. The van der Waals surface area contributed by atoms with Gasteiger partial charge < -0.3 is 56.0 Å². The van der Waals surface area contributed by atoms with Gasteiger partial charge in [-0.2, -0.15) is 39.5 Å². The zero-order chi connectivity index (χ0) is 71.3. The number of nitrogens with one attached hydrogen (secondary N) is 6. The van der Waals surface area contributed by atoms with Gasteiger partial charge >= 0.3 is 18.5 Å². The van der Waals surface area contributed by atoms with Crippen molar-refractivity contribution in [2.24, 2.45) is 11.3 Å². The molecular weight excluding hydrogens is 1320 g/mol. The summed E-state index contributed by atoms with van der Waals surface area (Å²) >= 11 is 0. The number of allylic oxidation sites excluding steroid dienone is 3. The summed E-state index contributed by atoms with van der Waals surface area (Å²) in [6, 6.07) is 25.5. The lowest BCUT2D eigenvalue weighted by Gasteiger charge is -2.36. The minimum absolute atomic E-state index is 0.0797. The number of carbonyl (C=O) groups is 6. The smallest absolute Gasteiger partial charge is 0.416 e. The van der Waals surface area contributed by atoms with Gasteiger partial charge in [0.1, 0.15) is 17.2 Å². The third-order valence-electron chi connectivity index (χ3n) is 17.8. The number of morpholine rings is 1. The molecule has 0 radical (unpaired) electrons. The van der Waals surface area contributed by atoms with Gasteiger partial charge in [0.05, 0.1) is 68.3 Å². The van der Waals surface area contributed by atoms with Gasteiger partial charge in [0.25, 0.3) is 0 Å². The molecule has 7 heterocycles. The van der Waals surface area contributed by atoms with E-state index in [0.717, 1.165) is 53.1 Å². The fraction of sp³-hybridized carbons (Fsp3) is 0.342. The van der Waals surface area contributed by atoms with Crippen molar-refractivity contribution in [2.75, 3.05) is 84.6 Å². The summed E-state index contributed by atoms with van der Waals surface area (Å²) in [4.78, 5) is 77.1. The van der Waals surface area contributed by atoms with E-state index in [-0.39, 0.29) is 67.4 Å². The maximum absolute atomic E-state index is 13.1. The summed E-state index contributed by atoms with van der Waals surface area (Å²) in [6.45, 7) is 6.94. The van der Waals surface area contributed by atoms with Crippen LogP contribution in [0.5, 0.6) is 17.2 Å². The third-order valence-corrected chi connectivity index (χ3v) is 17.8. The lowest BCUT2D eigenvalue weighted by Crippen LogP contribution is -2.52. The number of fused-ring (bicyclic) bond motifs is 6. The molecule has 2 unspecified atom stereocenters. The Balaban J connectivity index is 0.000000152. The number of amides is 6. The number of halogens is 9. The van der Waals surface area contributed by atoms with Crippen LogP contribution in [0.25, 0.3) is 16.7 Å². The van der Waals surface area contributed by atoms with E-state index in [1.165, 1.54) is 36.4 Å². The molecule has 7 N–H and O–H groups in total. The predicted molar refractivity (Wildman–Crippen MR) is 355 cm³/mol. The van der Waals surface area contributed by atoms with Crippen molar-refractivity contribution in [3.05, 3.63) is 177 Å². The van der Waals surface area contributed by atoms with Crippen molar-refractivity contribution in [3.63, 3.8) is 0 Å². The Morgan fingerprint density at radius 1 is 0.510 bits per heavy atom. The largest absolute Gasteiger partial charge is 0.493 e. The highest BCUT2D eigenvalue weighted by molar-refractivity contribution is 6.08. The number of hydrogen-bond acceptors (Lipinski definition) is 12. The normalized spacial score (nSPS) is 19.9. The standard InChI is InChI=1S/C26H26F3N3O4.C24H23F3N2O3.C23H21F3N2O4/c27-26(28,29)18-4-6-20-16(2-1-9-36-23(20)14-18)13-24(33)30-19-5-3-17-12-22(25(34)31-21(17)15-19)32-7-10-35-11-8-32;1-23(2)13-15-5-7-17(12-19(15)29-22(23)31)28-21(30)10-14-4-3-9-32-20-11-16(24(25,26)27)6-8-18(14)20;24-23(25,26)16-4-6-18-13(2-1-7-32-20(18)10-16)9-21(30)27-17-5-3-14-8-15(12-29)22(31)28-19(14)11-17/h3-6,13-15,22H,1-2,7-12H2,(H,30,33)(H,31,34);5-8,10-12H,3-4,9,13H2,1-2H3,(H,28,30)(H,29,31);3-6,9-11,15,29H,1-2,7-8,12H2,(H,27,30)(H,28,31)/b16-13+;14-10+;13-9+. The van der Waals surface area contributed by atoms with Crippen LogP contribution < -0.4 is 46.1 Å². The van der Waals surface area contributed by atoms with Crippen LogP contribution in [0.15, 0.2) is 127 Å². The number of rotatable bonds is 8. The van der Waals surface area contributed by atoms with Crippen LogP contribution >= 0.6 is 0 Å². The lowest BCUT2D eigenvalue weighted by molar-refractivity contribution is -0.138. The van der Waals surface area contributed by atoms with Gasteiger partial charge in [-0.25, -0.2) is 0 Å². The molecule has 0 bridgehead atoms. The van der Waals surface area contributed by atoms with E-state index in [2.05, 4.69) is 36.8 Å². The van der Waals surface area contributed by atoms with Crippen LogP contribution in [0.3, 0.4) is 0 Å². The second-order valence-electron chi connectivity index (χ2n) is 25.5. The topological polar surface area (TPSA) is 235 Å². The molecule has 100 heavy (non-hydrogen) atoms. The Kier molecular flexibility index (Phi) is 21.3. The molecule has 0 aromatic heterocycles. The van der Waals surface area contributed by atoms with Gasteiger partial charge in [-0.15, -0.1) is 0 Å². The first-order valence-electron chi connectivity index (χ1n) is 32.4. The summed E-state index contributed by atoms with van der Waals surface area (Å²) in [5.41, 5.74) is 6.53. The molecule has 1 fully saturated rings. The fourth-order valence-corrected chi connectivity index (χ4v) is 12.6. The molecule has 1 saturated heterocycles. The van der Waals surface area contributed by atoms with E-state index in [9.17, 15) is 73.4 Å². The van der Waals surface area contributed by atoms with Gasteiger partial charge in [0, 0.05) is 87.5 Å². The number of aliphatic hydroxyl groups is 1. The summed E-state index contributed by atoms with van der Waals surface area (Å²) in [5, 5.41) is 26.1. The van der Waals surface area contributed by atoms with Crippen LogP contribution in [0, 0.1) is 11.3 Å². The molecule has 0 saturated carbocycles.